The maximum Gasteiger partial charge on any atom is 0.101 e. The van der Waals surface area contributed by atoms with Gasteiger partial charge in [-0.2, -0.15) is 5.10 Å². The Morgan fingerprint density at radius 1 is 0.381 bits per heavy atom. The van der Waals surface area contributed by atoms with E-state index in [2.05, 4.69) is 258 Å². The van der Waals surface area contributed by atoms with Crippen LogP contribution in [0.3, 0.4) is 0 Å². The standard InChI is InChI=1S/C60H41N3/c1-7-23-42(24-8-1)55-56(43-25-9-2-10-26-43)61-63-57(44-27-11-3-12-28-44)59(52-37-20-19-36-51(52)58(55)63)62(47-33-17-6-18-34-47)48-39-40-50-49-35-21-22-38-53(49)60(54(50)41-48,45-29-13-4-14-30-45)46-31-15-5-16-32-46/h1-41H. The van der Waals surface area contributed by atoms with Crippen LogP contribution in [0.4, 0.5) is 17.1 Å². The third kappa shape index (κ3) is 5.71. The molecule has 9 aromatic carbocycles. The highest BCUT2D eigenvalue weighted by Crippen LogP contribution is 2.58. The van der Waals surface area contributed by atoms with Crippen molar-refractivity contribution < 1.29 is 0 Å². The number of hydrogen-bond donors (Lipinski definition) is 0. The van der Waals surface area contributed by atoms with E-state index in [1.54, 1.807) is 0 Å². The topological polar surface area (TPSA) is 20.5 Å². The Hall–Kier alpha value is -8.27. The van der Waals surface area contributed by atoms with E-state index in [0.717, 1.165) is 67.0 Å². The van der Waals surface area contributed by atoms with Crippen molar-refractivity contribution in [1.82, 2.24) is 9.61 Å². The molecule has 12 rings (SSSR count). The summed E-state index contributed by atoms with van der Waals surface area (Å²) in [6.45, 7) is 0. The fourth-order valence-electron chi connectivity index (χ4n) is 10.3. The number of aromatic nitrogens is 2. The summed E-state index contributed by atoms with van der Waals surface area (Å²) in [6, 6.07) is 90.1. The van der Waals surface area contributed by atoms with Crippen LogP contribution in [0.25, 0.3) is 61.1 Å². The Balaban J connectivity index is 1.23. The summed E-state index contributed by atoms with van der Waals surface area (Å²) in [5.41, 5.74) is 17.5. The van der Waals surface area contributed by atoms with Crippen molar-refractivity contribution in [3.05, 3.63) is 271 Å². The molecule has 0 saturated heterocycles. The molecule has 296 valence electrons. The molecule has 0 N–H and O–H groups in total. The predicted molar refractivity (Wildman–Crippen MR) is 261 cm³/mol. The van der Waals surface area contributed by atoms with Crippen LogP contribution in [-0.2, 0) is 5.41 Å². The van der Waals surface area contributed by atoms with Gasteiger partial charge in [-0.3, -0.25) is 0 Å². The molecule has 0 amide bonds. The van der Waals surface area contributed by atoms with E-state index in [1.165, 1.54) is 33.4 Å². The van der Waals surface area contributed by atoms with Crippen LogP contribution in [-0.4, -0.2) is 9.61 Å². The first-order valence-electron chi connectivity index (χ1n) is 21.6. The van der Waals surface area contributed by atoms with Gasteiger partial charge < -0.3 is 4.90 Å². The van der Waals surface area contributed by atoms with Crippen molar-refractivity contribution in [2.45, 2.75) is 5.41 Å². The van der Waals surface area contributed by atoms with E-state index >= 15 is 0 Å². The molecule has 0 unspecified atom stereocenters. The van der Waals surface area contributed by atoms with Crippen LogP contribution in [0.1, 0.15) is 22.3 Å². The van der Waals surface area contributed by atoms with Gasteiger partial charge in [0.05, 0.1) is 22.3 Å². The lowest BCUT2D eigenvalue weighted by Crippen LogP contribution is -2.28. The van der Waals surface area contributed by atoms with E-state index in [0.29, 0.717) is 0 Å². The number of pyridine rings is 1. The molecule has 2 aromatic heterocycles. The smallest absolute Gasteiger partial charge is 0.101 e. The Morgan fingerprint density at radius 2 is 0.873 bits per heavy atom. The molecule has 0 radical (unpaired) electrons. The van der Waals surface area contributed by atoms with Gasteiger partial charge >= 0.3 is 0 Å². The molecule has 63 heavy (non-hydrogen) atoms. The van der Waals surface area contributed by atoms with Gasteiger partial charge in [0.25, 0.3) is 0 Å². The van der Waals surface area contributed by atoms with Gasteiger partial charge in [-0.15, -0.1) is 0 Å². The highest BCUT2D eigenvalue weighted by atomic mass is 15.3. The molecule has 0 atom stereocenters. The fourth-order valence-corrected chi connectivity index (χ4v) is 10.3. The molecule has 0 saturated carbocycles. The van der Waals surface area contributed by atoms with Gasteiger partial charge in [0.2, 0.25) is 0 Å². The lowest BCUT2D eigenvalue weighted by atomic mass is 9.67. The quantitative estimate of drug-likeness (QED) is 0.153. The fraction of sp³-hybridized carbons (Fsp3) is 0.0167. The third-order valence-corrected chi connectivity index (χ3v) is 12.9. The molecule has 1 aliphatic carbocycles. The lowest BCUT2D eigenvalue weighted by molar-refractivity contribution is 0.768. The van der Waals surface area contributed by atoms with Crippen molar-refractivity contribution in [3.63, 3.8) is 0 Å². The number of nitrogens with zero attached hydrogens (tertiary/aromatic N) is 3. The van der Waals surface area contributed by atoms with Crippen molar-refractivity contribution in [3.8, 4) is 44.8 Å². The van der Waals surface area contributed by atoms with Gasteiger partial charge in [-0.1, -0.05) is 224 Å². The Labute approximate surface area is 367 Å². The molecule has 0 aliphatic heterocycles. The maximum absolute atomic E-state index is 5.69. The molecule has 1 aliphatic rings. The summed E-state index contributed by atoms with van der Waals surface area (Å²) >= 11 is 0. The van der Waals surface area contributed by atoms with E-state index in [9.17, 15) is 0 Å². The summed E-state index contributed by atoms with van der Waals surface area (Å²) in [6.07, 6.45) is 0. The average Bonchev–Trinajstić information content (AvgIpc) is 3.91. The average molecular weight is 804 g/mol. The van der Waals surface area contributed by atoms with E-state index in [1.807, 2.05) is 0 Å². The normalized spacial score (nSPS) is 12.6. The van der Waals surface area contributed by atoms with Crippen LogP contribution in [0.15, 0.2) is 249 Å². The zero-order chi connectivity index (χ0) is 41.7. The van der Waals surface area contributed by atoms with Crippen molar-refractivity contribution in [1.29, 1.82) is 0 Å². The van der Waals surface area contributed by atoms with Gasteiger partial charge in [-0.05, 0) is 63.2 Å². The minimum atomic E-state index is -0.557. The monoisotopic (exact) mass is 803 g/mol. The largest absolute Gasteiger partial charge is 0.308 e. The molecule has 0 bridgehead atoms. The summed E-state index contributed by atoms with van der Waals surface area (Å²) in [5.74, 6) is 0. The lowest BCUT2D eigenvalue weighted by Gasteiger charge is -2.35. The van der Waals surface area contributed by atoms with Crippen LogP contribution >= 0.6 is 0 Å². The Bertz CT molecular complexity index is 3380. The molecule has 0 fully saturated rings. The first kappa shape index (κ1) is 36.6. The first-order valence-corrected chi connectivity index (χ1v) is 21.6. The second kappa shape index (κ2) is 15.0. The van der Waals surface area contributed by atoms with Crippen LogP contribution in [0.5, 0.6) is 0 Å². The summed E-state index contributed by atoms with van der Waals surface area (Å²) in [5, 5.41) is 7.95. The maximum atomic E-state index is 5.69. The van der Waals surface area contributed by atoms with Crippen molar-refractivity contribution in [2.24, 2.45) is 0 Å². The molecular formula is C60H41N3. The molecular weight excluding hydrogens is 763 g/mol. The molecule has 3 nitrogen and oxygen atoms in total. The summed E-state index contributed by atoms with van der Waals surface area (Å²) in [7, 11) is 0. The summed E-state index contributed by atoms with van der Waals surface area (Å²) < 4.78 is 2.23. The van der Waals surface area contributed by atoms with Crippen LogP contribution < -0.4 is 4.90 Å². The molecule has 11 aromatic rings. The van der Waals surface area contributed by atoms with Crippen LogP contribution in [0.2, 0.25) is 0 Å². The van der Waals surface area contributed by atoms with Crippen molar-refractivity contribution >= 4 is 33.4 Å². The van der Waals surface area contributed by atoms with Crippen molar-refractivity contribution in [2.75, 3.05) is 4.90 Å². The zero-order valence-corrected chi connectivity index (χ0v) is 34.5. The predicted octanol–water partition coefficient (Wildman–Crippen LogP) is 15.3. The second-order valence-corrected chi connectivity index (χ2v) is 16.3. The van der Waals surface area contributed by atoms with E-state index in [-0.39, 0.29) is 0 Å². The zero-order valence-electron chi connectivity index (χ0n) is 34.5. The van der Waals surface area contributed by atoms with E-state index < -0.39 is 5.41 Å². The second-order valence-electron chi connectivity index (χ2n) is 16.3. The first-order chi connectivity index (χ1) is 31.3. The molecule has 0 spiro atoms. The van der Waals surface area contributed by atoms with Gasteiger partial charge in [0, 0.05) is 38.8 Å². The third-order valence-electron chi connectivity index (χ3n) is 12.9. The number of para-hydroxylation sites is 1. The summed E-state index contributed by atoms with van der Waals surface area (Å²) in [4.78, 5) is 2.47. The van der Waals surface area contributed by atoms with Gasteiger partial charge in [-0.25, -0.2) is 4.52 Å². The highest BCUT2D eigenvalue weighted by Gasteiger charge is 2.46. The minimum Gasteiger partial charge on any atom is -0.308 e. The molecule has 3 heteroatoms. The molecule has 2 heterocycles. The number of hydrogen-bond acceptors (Lipinski definition) is 2. The number of benzene rings is 9. The van der Waals surface area contributed by atoms with Crippen LogP contribution in [0, 0.1) is 0 Å². The Kier molecular flexibility index (Phi) is 8.72. The van der Waals surface area contributed by atoms with Gasteiger partial charge in [0.15, 0.2) is 0 Å². The highest BCUT2D eigenvalue weighted by molar-refractivity contribution is 6.16. The van der Waals surface area contributed by atoms with E-state index in [4.69, 9.17) is 5.10 Å². The minimum absolute atomic E-state index is 0.557. The number of fused-ring (bicyclic) bond motifs is 6. The Morgan fingerprint density at radius 3 is 1.51 bits per heavy atom. The van der Waals surface area contributed by atoms with Gasteiger partial charge in [0.1, 0.15) is 5.69 Å². The number of rotatable bonds is 8. The SMILES string of the molecule is c1ccc(-c2nn3c(-c4ccccc4)c(N(c4ccccc4)c4ccc5c(c4)C(c4ccccc4)(c4ccccc4)c4ccccc4-5)c4ccccc4c3c2-c2ccccc2)cc1. The number of anilines is 3.